The number of amides is 1. The van der Waals surface area contributed by atoms with E-state index in [1.807, 2.05) is 0 Å². The van der Waals surface area contributed by atoms with Gasteiger partial charge >= 0.3 is 5.97 Å². The molecular formula is C11H18N2O4. The van der Waals surface area contributed by atoms with Crippen LogP contribution in [0.5, 0.6) is 0 Å². The summed E-state index contributed by atoms with van der Waals surface area (Å²) >= 11 is 0. The predicted octanol–water partition coefficient (Wildman–Crippen LogP) is -0.702. The Bertz CT molecular complexity index is 296. The number of carboxylic acids is 1. The number of piperidine rings is 1. The van der Waals surface area contributed by atoms with Gasteiger partial charge in [0, 0.05) is 13.1 Å². The summed E-state index contributed by atoms with van der Waals surface area (Å²) < 4.78 is 5.52. The van der Waals surface area contributed by atoms with E-state index in [0.717, 1.165) is 25.9 Å². The Hall–Kier alpha value is -1.14. The first-order valence-corrected chi connectivity index (χ1v) is 5.99. The fraction of sp³-hybridized carbons (Fsp3) is 0.818. The summed E-state index contributed by atoms with van der Waals surface area (Å²) in [5.74, 6) is -1.31. The van der Waals surface area contributed by atoms with Gasteiger partial charge in [-0.1, -0.05) is 0 Å². The second kappa shape index (κ2) is 5.46. The number of nitrogens with one attached hydrogen (secondary N) is 1. The third kappa shape index (κ3) is 3.17. The molecule has 96 valence electrons. The summed E-state index contributed by atoms with van der Waals surface area (Å²) in [5, 5.41) is 11.9. The van der Waals surface area contributed by atoms with Crippen LogP contribution in [0.3, 0.4) is 0 Å². The number of carbonyl (C=O) groups excluding carboxylic acids is 1. The van der Waals surface area contributed by atoms with Crippen LogP contribution in [0, 0.1) is 5.92 Å². The van der Waals surface area contributed by atoms with E-state index >= 15 is 0 Å². The predicted molar refractivity (Wildman–Crippen MR) is 59.5 cm³/mol. The third-order valence-corrected chi connectivity index (χ3v) is 3.31. The Balaban J connectivity index is 1.63. The molecule has 2 heterocycles. The minimum Gasteiger partial charge on any atom is -0.481 e. The van der Waals surface area contributed by atoms with E-state index in [9.17, 15) is 9.59 Å². The average molecular weight is 242 g/mol. The molecule has 1 amide bonds. The van der Waals surface area contributed by atoms with Crippen molar-refractivity contribution >= 4 is 11.9 Å². The van der Waals surface area contributed by atoms with Gasteiger partial charge in [0.05, 0.1) is 12.0 Å². The van der Waals surface area contributed by atoms with Gasteiger partial charge in [-0.05, 0) is 25.9 Å². The molecule has 0 spiro atoms. The first kappa shape index (κ1) is 12.3. The molecule has 2 rings (SSSR count). The highest BCUT2D eigenvalue weighted by Crippen LogP contribution is 2.16. The quantitative estimate of drug-likeness (QED) is 0.681. The maximum absolute atomic E-state index is 11.6. The standard InChI is InChI=1S/C11H18N2O4/c14-10(13-5-8(6-13)11(15)16)7-17-9-1-3-12-4-2-9/h8-9,12H,1-7H2,(H,15,16). The lowest BCUT2D eigenvalue weighted by molar-refractivity contribution is -0.155. The van der Waals surface area contributed by atoms with Crippen LogP contribution >= 0.6 is 0 Å². The van der Waals surface area contributed by atoms with Gasteiger partial charge in [-0.3, -0.25) is 9.59 Å². The lowest BCUT2D eigenvalue weighted by atomic mass is 10.0. The summed E-state index contributed by atoms with van der Waals surface area (Å²) in [5.41, 5.74) is 0. The van der Waals surface area contributed by atoms with E-state index < -0.39 is 11.9 Å². The first-order chi connectivity index (χ1) is 8.16. The lowest BCUT2D eigenvalue weighted by Crippen LogP contribution is -2.54. The Kier molecular flexibility index (Phi) is 3.96. The number of ether oxygens (including phenoxy) is 1. The molecule has 6 heteroatoms. The molecule has 2 saturated heterocycles. The molecule has 0 aliphatic carbocycles. The molecule has 6 nitrogen and oxygen atoms in total. The van der Waals surface area contributed by atoms with Gasteiger partial charge in [-0.25, -0.2) is 0 Å². The summed E-state index contributed by atoms with van der Waals surface area (Å²) in [6.07, 6.45) is 2.03. The van der Waals surface area contributed by atoms with Crippen LogP contribution in [0.15, 0.2) is 0 Å². The van der Waals surface area contributed by atoms with E-state index in [1.165, 1.54) is 0 Å². The van der Waals surface area contributed by atoms with Crippen molar-refractivity contribution < 1.29 is 19.4 Å². The molecule has 2 aliphatic rings. The van der Waals surface area contributed by atoms with Crippen molar-refractivity contribution in [3.05, 3.63) is 0 Å². The summed E-state index contributed by atoms with van der Waals surface area (Å²) in [4.78, 5) is 23.7. The van der Waals surface area contributed by atoms with Crippen molar-refractivity contribution in [2.75, 3.05) is 32.8 Å². The summed E-state index contributed by atoms with van der Waals surface area (Å²) in [6.45, 7) is 2.60. The zero-order chi connectivity index (χ0) is 12.3. The fourth-order valence-electron chi connectivity index (χ4n) is 2.08. The minimum atomic E-state index is -0.826. The molecule has 0 saturated carbocycles. The van der Waals surface area contributed by atoms with Gasteiger partial charge in [0.25, 0.3) is 0 Å². The Morgan fingerprint density at radius 2 is 1.94 bits per heavy atom. The highest BCUT2D eigenvalue weighted by Gasteiger charge is 2.35. The van der Waals surface area contributed by atoms with Crippen LogP contribution in [0.2, 0.25) is 0 Å². The van der Waals surface area contributed by atoms with Gasteiger partial charge < -0.3 is 20.1 Å². The van der Waals surface area contributed by atoms with E-state index in [1.54, 1.807) is 4.90 Å². The number of nitrogens with zero attached hydrogens (tertiary/aromatic N) is 1. The van der Waals surface area contributed by atoms with E-state index in [4.69, 9.17) is 9.84 Å². The smallest absolute Gasteiger partial charge is 0.310 e. The van der Waals surface area contributed by atoms with Crippen molar-refractivity contribution in [2.24, 2.45) is 5.92 Å². The highest BCUT2D eigenvalue weighted by atomic mass is 16.5. The average Bonchev–Trinajstić information content (AvgIpc) is 2.25. The maximum atomic E-state index is 11.6. The highest BCUT2D eigenvalue weighted by molar-refractivity contribution is 5.81. The number of rotatable bonds is 4. The number of carboxylic acid groups (broad SMARTS) is 1. The zero-order valence-electron chi connectivity index (χ0n) is 9.72. The van der Waals surface area contributed by atoms with Crippen molar-refractivity contribution in [3.8, 4) is 0 Å². The lowest BCUT2D eigenvalue weighted by Gasteiger charge is -2.37. The van der Waals surface area contributed by atoms with E-state index in [2.05, 4.69) is 5.32 Å². The van der Waals surface area contributed by atoms with E-state index in [-0.39, 0.29) is 18.6 Å². The van der Waals surface area contributed by atoms with Gasteiger partial charge in [0.15, 0.2) is 0 Å². The SMILES string of the molecule is O=C(O)C1CN(C(=O)COC2CCNCC2)C1. The van der Waals surface area contributed by atoms with Crippen molar-refractivity contribution in [1.82, 2.24) is 10.2 Å². The molecule has 0 unspecified atom stereocenters. The van der Waals surface area contributed by atoms with Crippen molar-refractivity contribution in [2.45, 2.75) is 18.9 Å². The van der Waals surface area contributed by atoms with Crippen LogP contribution in [0.1, 0.15) is 12.8 Å². The molecule has 0 aromatic rings. The minimum absolute atomic E-state index is 0.0804. The first-order valence-electron chi connectivity index (χ1n) is 5.99. The normalized spacial score (nSPS) is 22.2. The van der Waals surface area contributed by atoms with Crippen molar-refractivity contribution in [1.29, 1.82) is 0 Å². The molecule has 0 aromatic carbocycles. The molecular weight excluding hydrogens is 224 g/mol. The second-order valence-corrected chi connectivity index (χ2v) is 4.59. The molecule has 0 atom stereocenters. The zero-order valence-corrected chi connectivity index (χ0v) is 9.72. The Morgan fingerprint density at radius 1 is 1.29 bits per heavy atom. The van der Waals surface area contributed by atoms with Gasteiger partial charge in [0.1, 0.15) is 6.61 Å². The Morgan fingerprint density at radius 3 is 2.53 bits per heavy atom. The van der Waals surface area contributed by atoms with Crippen LogP contribution in [0.4, 0.5) is 0 Å². The molecule has 0 bridgehead atoms. The maximum Gasteiger partial charge on any atom is 0.310 e. The number of hydrogen-bond acceptors (Lipinski definition) is 4. The number of aliphatic carboxylic acids is 1. The fourth-order valence-corrected chi connectivity index (χ4v) is 2.08. The van der Waals surface area contributed by atoms with Gasteiger partial charge in [-0.15, -0.1) is 0 Å². The van der Waals surface area contributed by atoms with Gasteiger partial charge in [0.2, 0.25) is 5.91 Å². The van der Waals surface area contributed by atoms with Gasteiger partial charge in [-0.2, -0.15) is 0 Å². The Labute approximate surface area is 99.9 Å². The van der Waals surface area contributed by atoms with Crippen LogP contribution < -0.4 is 5.32 Å². The number of hydrogen-bond donors (Lipinski definition) is 2. The van der Waals surface area contributed by atoms with Crippen molar-refractivity contribution in [3.63, 3.8) is 0 Å². The molecule has 2 aliphatic heterocycles. The molecule has 17 heavy (non-hydrogen) atoms. The van der Waals surface area contributed by atoms with Crippen LogP contribution in [0.25, 0.3) is 0 Å². The topological polar surface area (TPSA) is 78.9 Å². The van der Waals surface area contributed by atoms with Crippen LogP contribution in [-0.4, -0.2) is 60.8 Å². The van der Waals surface area contributed by atoms with E-state index in [0.29, 0.717) is 13.1 Å². The number of likely N-dealkylation sites (tertiary alicyclic amines) is 1. The second-order valence-electron chi connectivity index (χ2n) is 4.59. The molecule has 2 fully saturated rings. The van der Waals surface area contributed by atoms with Crippen LogP contribution in [-0.2, 0) is 14.3 Å². The molecule has 0 radical (unpaired) electrons. The molecule has 2 N–H and O–H groups in total. The number of carbonyl (C=O) groups is 2. The third-order valence-electron chi connectivity index (χ3n) is 3.31. The summed E-state index contributed by atoms with van der Waals surface area (Å²) in [6, 6.07) is 0. The monoisotopic (exact) mass is 242 g/mol. The molecule has 0 aromatic heterocycles. The largest absolute Gasteiger partial charge is 0.481 e. The summed E-state index contributed by atoms with van der Waals surface area (Å²) in [7, 11) is 0.